The van der Waals surface area contributed by atoms with Gasteiger partial charge < -0.3 is 4.90 Å². The Morgan fingerprint density at radius 2 is 1.68 bits per heavy atom. The van der Waals surface area contributed by atoms with E-state index in [2.05, 4.69) is 4.72 Å². The largest absolute Gasteiger partial charge is 0.338 e. The fraction of sp³-hybridized carbons (Fsp3) is 0.667. The first-order valence-corrected chi connectivity index (χ1v) is 14.1. The van der Waals surface area contributed by atoms with Crippen molar-refractivity contribution in [2.24, 2.45) is 5.92 Å². The number of benzene rings is 1. The summed E-state index contributed by atoms with van der Waals surface area (Å²) in [6.45, 7) is 5.31. The Bertz CT molecular complexity index is 1020. The minimum atomic E-state index is -3.58. The number of nitrogens with zero attached hydrogens (tertiary/aromatic N) is 2. The molecule has 1 atom stereocenters. The van der Waals surface area contributed by atoms with Crippen LogP contribution in [-0.4, -0.2) is 70.4 Å². The Hall–Kier alpha value is -1.49. The van der Waals surface area contributed by atoms with Crippen LogP contribution < -0.4 is 4.72 Å². The van der Waals surface area contributed by atoms with Gasteiger partial charge in [-0.25, -0.2) is 21.6 Å². The number of carbonyl (C=O) groups excluding carboxylic acids is 1. The van der Waals surface area contributed by atoms with E-state index in [-0.39, 0.29) is 24.4 Å². The van der Waals surface area contributed by atoms with Crippen LogP contribution in [0.2, 0.25) is 0 Å². The molecule has 0 aromatic heterocycles. The van der Waals surface area contributed by atoms with Crippen molar-refractivity contribution in [1.29, 1.82) is 0 Å². The number of hydrogen-bond acceptors (Lipinski definition) is 5. The normalized spacial score (nSPS) is 21.9. The second-order valence-corrected chi connectivity index (χ2v) is 12.5. The molecule has 0 saturated carbocycles. The van der Waals surface area contributed by atoms with E-state index in [0.717, 1.165) is 36.6 Å². The number of rotatable bonds is 6. The van der Waals surface area contributed by atoms with E-state index in [1.165, 1.54) is 4.31 Å². The Balaban J connectivity index is 1.63. The van der Waals surface area contributed by atoms with Gasteiger partial charge in [-0.1, -0.05) is 6.07 Å². The highest BCUT2D eigenvalue weighted by molar-refractivity contribution is 7.89. The zero-order chi connectivity index (χ0) is 22.8. The molecular formula is C21H33N3O5S2. The van der Waals surface area contributed by atoms with Crippen LogP contribution in [0.4, 0.5) is 0 Å². The van der Waals surface area contributed by atoms with E-state index >= 15 is 0 Å². The van der Waals surface area contributed by atoms with Crippen molar-refractivity contribution in [3.63, 3.8) is 0 Å². The van der Waals surface area contributed by atoms with Crippen LogP contribution in [0.25, 0.3) is 0 Å². The zero-order valence-corrected chi connectivity index (χ0v) is 20.1. The number of aryl methyl sites for hydroxylation is 2. The van der Waals surface area contributed by atoms with Gasteiger partial charge in [0.1, 0.15) is 0 Å². The van der Waals surface area contributed by atoms with Gasteiger partial charge in [0.2, 0.25) is 26.0 Å². The predicted octanol–water partition coefficient (Wildman–Crippen LogP) is 1.63. The molecule has 8 nitrogen and oxygen atoms in total. The molecule has 10 heteroatoms. The monoisotopic (exact) mass is 471 g/mol. The highest BCUT2D eigenvalue weighted by Gasteiger charge is 2.36. The minimum absolute atomic E-state index is 0.0169. The van der Waals surface area contributed by atoms with Crippen LogP contribution in [0.3, 0.4) is 0 Å². The Labute approximate surface area is 186 Å². The van der Waals surface area contributed by atoms with E-state index in [0.29, 0.717) is 37.4 Å². The molecule has 2 aliphatic rings. The van der Waals surface area contributed by atoms with E-state index in [1.807, 2.05) is 19.9 Å². The summed E-state index contributed by atoms with van der Waals surface area (Å²) < 4.78 is 53.0. The van der Waals surface area contributed by atoms with Gasteiger partial charge in [0.05, 0.1) is 11.2 Å². The molecule has 0 bridgehead atoms. The molecule has 0 aliphatic carbocycles. The van der Waals surface area contributed by atoms with Gasteiger partial charge in [-0.2, -0.15) is 4.31 Å². The van der Waals surface area contributed by atoms with Crippen LogP contribution in [0.1, 0.15) is 43.2 Å². The lowest BCUT2D eigenvalue weighted by Crippen LogP contribution is -2.52. The van der Waals surface area contributed by atoms with Gasteiger partial charge in [0.25, 0.3) is 0 Å². The fourth-order valence-corrected chi connectivity index (χ4v) is 6.40. The van der Waals surface area contributed by atoms with E-state index in [1.54, 1.807) is 17.0 Å². The molecule has 1 N–H and O–H groups in total. The highest BCUT2D eigenvalue weighted by Crippen LogP contribution is 2.28. The van der Waals surface area contributed by atoms with Crippen molar-refractivity contribution in [2.45, 2.75) is 56.9 Å². The van der Waals surface area contributed by atoms with E-state index in [9.17, 15) is 21.6 Å². The molecule has 1 aromatic rings. The van der Waals surface area contributed by atoms with Crippen molar-refractivity contribution < 1.29 is 21.6 Å². The van der Waals surface area contributed by atoms with Crippen LogP contribution in [-0.2, 0) is 24.8 Å². The average Bonchev–Trinajstić information content (AvgIpc) is 2.73. The second-order valence-electron chi connectivity index (χ2n) is 8.73. The molecule has 2 aliphatic heterocycles. The minimum Gasteiger partial charge on any atom is -0.338 e. The molecule has 2 heterocycles. The van der Waals surface area contributed by atoms with Gasteiger partial charge in [-0.3, -0.25) is 4.79 Å². The summed E-state index contributed by atoms with van der Waals surface area (Å²) in [5, 5.41) is 0. The molecule has 1 unspecified atom stereocenters. The van der Waals surface area contributed by atoms with Crippen LogP contribution in [0.5, 0.6) is 0 Å². The number of nitrogens with one attached hydrogen (secondary N) is 1. The average molecular weight is 472 g/mol. The standard InChI is InChI=1S/C21H33N3O5S2/c1-16-7-8-20(14-17(16)2)31(28,29)23-12-9-18(10-13-23)21(25)24-11-5-4-6-19(24)15-22-30(3,26)27/h7-8,14,18-19,22H,4-6,9-13,15H2,1-3H3. The van der Waals surface area contributed by atoms with Crippen molar-refractivity contribution in [1.82, 2.24) is 13.9 Å². The Morgan fingerprint density at radius 3 is 2.29 bits per heavy atom. The van der Waals surface area contributed by atoms with Gasteiger partial charge in [-0.05, 0) is 69.2 Å². The molecule has 0 spiro atoms. The van der Waals surface area contributed by atoms with Gasteiger partial charge >= 0.3 is 0 Å². The smallest absolute Gasteiger partial charge is 0.243 e. The zero-order valence-electron chi connectivity index (χ0n) is 18.5. The molecular weight excluding hydrogens is 438 g/mol. The van der Waals surface area contributed by atoms with Crippen LogP contribution >= 0.6 is 0 Å². The molecule has 3 rings (SSSR count). The molecule has 1 aromatic carbocycles. The summed E-state index contributed by atoms with van der Waals surface area (Å²) in [7, 11) is -6.89. The SMILES string of the molecule is Cc1ccc(S(=O)(=O)N2CCC(C(=O)N3CCCCC3CNS(C)(=O)=O)CC2)cc1C. The number of sulfonamides is 2. The van der Waals surface area contributed by atoms with E-state index in [4.69, 9.17) is 0 Å². The molecule has 174 valence electrons. The lowest BCUT2D eigenvalue weighted by Gasteiger charge is -2.39. The number of carbonyl (C=O) groups is 1. The first-order chi connectivity index (χ1) is 14.5. The summed E-state index contributed by atoms with van der Waals surface area (Å²) in [4.78, 5) is 15.3. The number of piperidine rings is 2. The van der Waals surface area contributed by atoms with Crippen LogP contribution in [0, 0.1) is 19.8 Å². The lowest BCUT2D eigenvalue weighted by molar-refractivity contribution is -0.140. The first-order valence-electron chi connectivity index (χ1n) is 10.8. The van der Waals surface area contributed by atoms with Crippen molar-refractivity contribution in [3.8, 4) is 0 Å². The van der Waals surface area contributed by atoms with Gasteiger partial charge in [0, 0.05) is 38.1 Å². The highest BCUT2D eigenvalue weighted by atomic mass is 32.2. The lowest BCUT2D eigenvalue weighted by atomic mass is 9.93. The van der Waals surface area contributed by atoms with Crippen molar-refractivity contribution in [2.75, 3.05) is 32.4 Å². The third-order valence-corrected chi connectivity index (χ3v) is 9.00. The topological polar surface area (TPSA) is 104 Å². The number of likely N-dealkylation sites (tertiary alicyclic amines) is 1. The van der Waals surface area contributed by atoms with Crippen LogP contribution in [0.15, 0.2) is 23.1 Å². The molecule has 1 amide bonds. The molecule has 2 fully saturated rings. The maximum atomic E-state index is 13.2. The Morgan fingerprint density at radius 1 is 1.00 bits per heavy atom. The van der Waals surface area contributed by atoms with Crippen molar-refractivity contribution in [3.05, 3.63) is 29.3 Å². The summed E-state index contributed by atoms with van der Waals surface area (Å²) >= 11 is 0. The summed E-state index contributed by atoms with van der Waals surface area (Å²) in [6, 6.07) is 5.02. The predicted molar refractivity (Wildman–Crippen MR) is 120 cm³/mol. The number of amides is 1. The molecule has 31 heavy (non-hydrogen) atoms. The summed E-state index contributed by atoms with van der Waals surface area (Å²) in [6.07, 6.45) is 4.72. The number of hydrogen-bond donors (Lipinski definition) is 1. The first kappa shape index (κ1) is 24.2. The molecule has 2 saturated heterocycles. The maximum Gasteiger partial charge on any atom is 0.243 e. The van der Waals surface area contributed by atoms with E-state index < -0.39 is 20.0 Å². The van der Waals surface area contributed by atoms with Gasteiger partial charge in [-0.15, -0.1) is 0 Å². The fourth-order valence-electron chi connectivity index (χ4n) is 4.35. The Kier molecular flexibility index (Phi) is 7.45. The summed E-state index contributed by atoms with van der Waals surface area (Å²) in [5.74, 6) is -0.215. The maximum absolute atomic E-state index is 13.2. The third-order valence-electron chi connectivity index (χ3n) is 6.41. The molecule has 0 radical (unpaired) electrons. The third kappa shape index (κ3) is 5.85. The van der Waals surface area contributed by atoms with Gasteiger partial charge in [0.15, 0.2) is 0 Å². The second kappa shape index (κ2) is 9.56. The quantitative estimate of drug-likeness (QED) is 0.679. The summed E-state index contributed by atoms with van der Waals surface area (Å²) in [5.41, 5.74) is 1.98. The van der Waals surface area contributed by atoms with Crippen molar-refractivity contribution >= 4 is 26.0 Å².